The summed E-state index contributed by atoms with van der Waals surface area (Å²) >= 11 is 0. The van der Waals surface area contributed by atoms with Crippen LogP contribution in [0.2, 0.25) is 0 Å². The van der Waals surface area contributed by atoms with E-state index in [2.05, 4.69) is 6.58 Å². The fourth-order valence-corrected chi connectivity index (χ4v) is 4.06. The van der Waals surface area contributed by atoms with Gasteiger partial charge in [-0.05, 0) is 49.4 Å². The molecule has 0 N–H and O–H groups in total. The molecule has 1 aromatic heterocycles. The van der Waals surface area contributed by atoms with Crippen molar-refractivity contribution in [2.75, 3.05) is 7.11 Å². The zero-order chi connectivity index (χ0) is 16.6. The maximum absolute atomic E-state index is 13.0. The lowest BCUT2D eigenvalue weighted by Crippen LogP contribution is -2.14. The number of ether oxygens (including phenoxy) is 1. The van der Waals surface area contributed by atoms with E-state index in [1.54, 1.807) is 49.6 Å². The molecule has 0 spiro atoms. The van der Waals surface area contributed by atoms with E-state index in [-0.39, 0.29) is 4.90 Å². The zero-order valence-corrected chi connectivity index (χ0v) is 13.8. The van der Waals surface area contributed by atoms with Crippen LogP contribution in [0.4, 0.5) is 0 Å². The number of benzene rings is 2. The van der Waals surface area contributed by atoms with E-state index in [0.29, 0.717) is 17.0 Å². The molecule has 0 saturated carbocycles. The first-order chi connectivity index (χ1) is 11.0. The Hall–Kier alpha value is -2.53. The lowest BCUT2D eigenvalue weighted by Gasteiger charge is -2.10. The number of fused-ring (bicyclic) bond motifs is 1. The van der Waals surface area contributed by atoms with Crippen LogP contribution in [-0.2, 0) is 10.0 Å². The van der Waals surface area contributed by atoms with Crippen molar-refractivity contribution in [3.8, 4) is 5.75 Å². The Morgan fingerprint density at radius 3 is 2.39 bits per heavy atom. The highest BCUT2D eigenvalue weighted by molar-refractivity contribution is 7.90. The first kappa shape index (κ1) is 15.4. The molecule has 1 heterocycles. The molecule has 0 unspecified atom stereocenters. The molecule has 2 aromatic carbocycles. The lowest BCUT2D eigenvalue weighted by atomic mass is 10.2. The summed E-state index contributed by atoms with van der Waals surface area (Å²) in [6.45, 7) is 5.65. The average Bonchev–Trinajstić information content (AvgIpc) is 2.93. The van der Waals surface area contributed by atoms with Crippen molar-refractivity contribution in [3.05, 3.63) is 66.4 Å². The minimum atomic E-state index is -3.70. The molecule has 118 valence electrons. The van der Waals surface area contributed by atoms with E-state index >= 15 is 0 Å². The molecule has 0 bridgehead atoms. The van der Waals surface area contributed by atoms with Gasteiger partial charge in [0, 0.05) is 5.39 Å². The number of aryl methyl sites for hydroxylation is 1. The van der Waals surface area contributed by atoms with Crippen LogP contribution >= 0.6 is 0 Å². The maximum Gasteiger partial charge on any atom is 0.268 e. The van der Waals surface area contributed by atoms with Gasteiger partial charge < -0.3 is 4.74 Å². The molecule has 0 atom stereocenters. The van der Waals surface area contributed by atoms with Crippen LogP contribution in [0.5, 0.6) is 5.75 Å². The third-order valence-electron chi connectivity index (χ3n) is 3.76. The summed E-state index contributed by atoms with van der Waals surface area (Å²) in [5.41, 5.74) is 2.13. The SMILES string of the molecule is C=Cc1cc2cc(OC)ccc2n1S(=O)(=O)c1ccc(C)cc1. The number of hydrogen-bond donors (Lipinski definition) is 0. The van der Waals surface area contributed by atoms with E-state index in [4.69, 9.17) is 4.74 Å². The van der Waals surface area contributed by atoms with Gasteiger partial charge in [-0.25, -0.2) is 12.4 Å². The quantitative estimate of drug-likeness (QED) is 0.731. The van der Waals surface area contributed by atoms with Crippen LogP contribution in [0, 0.1) is 6.92 Å². The van der Waals surface area contributed by atoms with Crippen molar-refractivity contribution in [3.63, 3.8) is 0 Å². The Kier molecular flexibility index (Phi) is 3.74. The van der Waals surface area contributed by atoms with Gasteiger partial charge in [-0.3, -0.25) is 0 Å². The number of nitrogens with zero attached hydrogens (tertiary/aromatic N) is 1. The minimum Gasteiger partial charge on any atom is -0.497 e. The monoisotopic (exact) mass is 327 g/mol. The van der Waals surface area contributed by atoms with E-state index in [0.717, 1.165) is 10.9 Å². The second kappa shape index (κ2) is 5.59. The Morgan fingerprint density at radius 2 is 1.78 bits per heavy atom. The standard InChI is InChI=1S/C18H17NO3S/c1-4-15-11-14-12-16(22-3)7-10-18(14)19(15)23(20,21)17-8-5-13(2)6-9-17/h4-12H,1H2,2-3H3. The fraction of sp³-hybridized carbons (Fsp3) is 0.111. The average molecular weight is 327 g/mol. The summed E-state index contributed by atoms with van der Waals surface area (Å²) in [7, 11) is -2.12. The largest absolute Gasteiger partial charge is 0.497 e. The topological polar surface area (TPSA) is 48.3 Å². The molecule has 0 aliphatic carbocycles. The lowest BCUT2D eigenvalue weighted by molar-refractivity contribution is 0.415. The van der Waals surface area contributed by atoms with Crippen molar-refractivity contribution in [2.24, 2.45) is 0 Å². The van der Waals surface area contributed by atoms with Crippen molar-refractivity contribution in [1.29, 1.82) is 0 Å². The molecule has 0 amide bonds. The van der Waals surface area contributed by atoms with Gasteiger partial charge in [0.1, 0.15) is 5.75 Å². The van der Waals surface area contributed by atoms with Crippen LogP contribution in [0.15, 0.2) is 60.0 Å². The van der Waals surface area contributed by atoms with Crippen LogP contribution in [0.3, 0.4) is 0 Å². The van der Waals surface area contributed by atoms with Gasteiger partial charge in [-0.2, -0.15) is 0 Å². The zero-order valence-electron chi connectivity index (χ0n) is 13.0. The molecule has 5 heteroatoms. The molecule has 0 aliphatic heterocycles. The van der Waals surface area contributed by atoms with Crippen LogP contribution < -0.4 is 4.74 Å². The van der Waals surface area contributed by atoms with Gasteiger partial charge in [0.2, 0.25) is 0 Å². The molecule has 23 heavy (non-hydrogen) atoms. The second-order valence-corrected chi connectivity index (χ2v) is 7.07. The van der Waals surface area contributed by atoms with Crippen LogP contribution in [-0.4, -0.2) is 19.5 Å². The Bertz CT molecular complexity index is 983. The van der Waals surface area contributed by atoms with Gasteiger partial charge in [0.25, 0.3) is 10.0 Å². The first-order valence-electron chi connectivity index (χ1n) is 7.11. The van der Waals surface area contributed by atoms with Crippen LogP contribution in [0.25, 0.3) is 17.0 Å². The molecular formula is C18H17NO3S. The summed E-state index contributed by atoms with van der Waals surface area (Å²) < 4.78 is 32.6. The summed E-state index contributed by atoms with van der Waals surface area (Å²) in [5, 5.41) is 0.787. The van der Waals surface area contributed by atoms with E-state index < -0.39 is 10.0 Å². The second-order valence-electron chi connectivity index (χ2n) is 5.28. The smallest absolute Gasteiger partial charge is 0.268 e. The Labute approximate surface area is 135 Å². The molecule has 0 saturated heterocycles. The van der Waals surface area contributed by atoms with Crippen molar-refractivity contribution in [1.82, 2.24) is 3.97 Å². The first-order valence-corrected chi connectivity index (χ1v) is 8.55. The van der Waals surface area contributed by atoms with Crippen molar-refractivity contribution >= 4 is 27.0 Å². The van der Waals surface area contributed by atoms with E-state index in [1.807, 2.05) is 13.0 Å². The van der Waals surface area contributed by atoms with Gasteiger partial charge in [-0.1, -0.05) is 24.3 Å². The predicted molar refractivity (Wildman–Crippen MR) is 92.3 cm³/mol. The van der Waals surface area contributed by atoms with Gasteiger partial charge in [0.05, 0.1) is 23.2 Å². The fourth-order valence-electron chi connectivity index (χ4n) is 2.54. The molecule has 0 radical (unpaired) electrons. The molecule has 0 aliphatic rings. The maximum atomic E-state index is 13.0. The predicted octanol–water partition coefficient (Wildman–Crippen LogP) is 3.84. The molecular weight excluding hydrogens is 310 g/mol. The summed E-state index contributed by atoms with van der Waals surface area (Å²) in [5.74, 6) is 0.679. The van der Waals surface area contributed by atoms with E-state index in [1.165, 1.54) is 10.0 Å². The molecule has 3 aromatic rings. The number of methoxy groups -OCH3 is 1. The number of hydrogen-bond acceptors (Lipinski definition) is 3. The van der Waals surface area contributed by atoms with Gasteiger partial charge in [0.15, 0.2) is 0 Å². The summed E-state index contributed by atoms with van der Waals surface area (Å²) in [6, 6.07) is 13.9. The molecule has 4 nitrogen and oxygen atoms in total. The number of aromatic nitrogens is 1. The van der Waals surface area contributed by atoms with Gasteiger partial charge >= 0.3 is 0 Å². The Balaban J connectivity index is 2.29. The molecule has 0 fully saturated rings. The van der Waals surface area contributed by atoms with Crippen molar-refractivity contribution < 1.29 is 13.2 Å². The molecule has 3 rings (SSSR count). The summed E-state index contributed by atoms with van der Waals surface area (Å²) in [4.78, 5) is 0.250. The number of rotatable bonds is 4. The highest BCUT2D eigenvalue weighted by atomic mass is 32.2. The third-order valence-corrected chi connectivity index (χ3v) is 5.52. The van der Waals surface area contributed by atoms with Crippen molar-refractivity contribution in [2.45, 2.75) is 11.8 Å². The summed E-state index contributed by atoms with van der Waals surface area (Å²) in [6.07, 6.45) is 1.54. The minimum absolute atomic E-state index is 0.250. The van der Waals surface area contributed by atoms with Gasteiger partial charge in [-0.15, -0.1) is 0 Å². The Morgan fingerprint density at radius 1 is 1.09 bits per heavy atom. The normalized spacial score (nSPS) is 11.6. The highest BCUT2D eigenvalue weighted by Crippen LogP contribution is 2.29. The third kappa shape index (κ3) is 2.53. The van der Waals surface area contributed by atoms with Crippen LogP contribution in [0.1, 0.15) is 11.3 Å². The highest BCUT2D eigenvalue weighted by Gasteiger charge is 2.22. The van der Waals surface area contributed by atoms with E-state index in [9.17, 15) is 8.42 Å².